The largest absolute Gasteiger partial charge is 0.505 e. The number of rotatable bonds is 6. The second kappa shape index (κ2) is 8.43. The first kappa shape index (κ1) is 25.2. The van der Waals surface area contributed by atoms with Crippen LogP contribution in [-0.2, 0) is 20.2 Å². The molecule has 0 saturated carbocycles. The van der Waals surface area contributed by atoms with Crippen LogP contribution >= 0.6 is 0 Å². The predicted molar refractivity (Wildman–Crippen MR) is 118 cm³/mol. The molecule has 0 aromatic heterocycles. The molecule has 3 aromatic rings. The molecule has 184 valence electrons. The molecule has 0 heterocycles. The number of phenols is 1. The van der Waals surface area contributed by atoms with Gasteiger partial charge in [0, 0.05) is 17.5 Å². The number of carboxylic acids is 1. The lowest BCUT2D eigenvalue weighted by molar-refractivity contribution is -0.384. The van der Waals surface area contributed by atoms with E-state index >= 15 is 0 Å². The molecule has 0 aliphatic carbocycles. The van der Waals surface area contributed by atoms with Crippen molar-refractivity contribution in [2.75, 3.05) is 11.5 Å². The van der Waals surface area contributed by atoms with E-state index in [9.17, 15) is 51.1 Å². The molecular weight excluding hydrogens is 514 g/mol. The van der Waals surface area contributed by atoms with Crippen LogP contribution in [0.5, 0.6) is 5.75 Å². The highest BCUT2D eigenvalue weighted by atomic mass is 32.2. The molecule has 0 aliphatic heterocycles. The summed E-state index contributed by atoms with van der Waals surface area (Å²) in [5, 5.41) is 36.6. The topological polar surface area (TPSA) is 286 Å². The van der Waals surface area contributed by atoms with E-state index in [1.807, 2.05) is 0 Å². The number of carbonyl (C=O) groups is 1. The van der Waals surface area contributed by atoms with Crippen molar-refractivity contribution in [2.45, 2.75) is 9.79 Å². The minimum absolute atomic E-state index is 0.515. The number of aromatic carboxylic acids is 1. The van der Waals surface area contributed by atoms with Crippen molar-refractivity contribution in [3.8, 4) is 5.75 Å². The van der Waals surface area contributed by atoms with Gasteiger partial charge in [0.2, 0.25) is 0 Å². The van der Waals surface area contributed by atoms with Crippen LogP contribution in [-0.4, -0.2) is 47.0 Å². The third-order valence-electron chi connectivity index (χ3n) is 4.62. The number of nitrogens with two attached hydrogens (primary N) is 2. The highest BCUT2D eigenvalue weighted by molar-refractivity contribution is 7.86. The van der Waals surface area contributed by atoms with Crippen LogP contribution in [0.3, 0.4) is 0 Å². The Bertz CT molecular complexity index is 1680. The van der Waals surface area contributed by atoms with Gasteiger partial charge < -0.3 is 21.7 Å². The first-order valence-corrected chi connectivity index (χ1v) is 11.7. The first-order chi connectivity index (χ1) is 16.0. The predicted octanol–water partition coefficient (Wildman–Crippen LogP) is 2.23. The van der Waals surface area contributed by atoms with Gasteiger partial charge in [-0.3, -0.25) is 19.2 Å². The van der Waals surface area contributed by atoms with Crippen molar-refractivity contribution in [1.82, 2.24) is 0 Å². The maximum Gasteiger partial charge on any atom is 0.337 e. The molecule has 0 saturated heterocycles. The Hall–Kier alpha value is -4.39. The summed E-state index contributed by atoms with van der Waals surface area (Å²) in [4.78, 5) is 19.5. The van der Waals surface area contributed by atoms with Gasteiger partial charge in [-0.2, -0.15) is 16.8 Å². The number of benzene rings is 3. The number of fused-ring (bicyclic) bond motifs is 1. The van der Waals surface area contributed by atoms with E-state index < -0.39 is 91.4 Å². The third-order valence-corrected chi connectivity index (χ3v) is 6.41. The summed E-state index contributed by atoms with van der Waals surface area (Å²) < 4.78 is 66.1. The van der Waals surface area contributed by atoms with Crippen molar-refractivity contribution in [3.05, 3.63) is 46.0 Å². The van der Waals surface area contributed by atoms with Crippen LogP contribution in [0, 0.1) is 10.1 Å². The van der Waals surface area contributed by atoms with E-state index in [4.69, 9.17) is 11.5 Å². The number of azo groups is 1. The van der Waals surface area contributed by atoms with Gasteiger partial charge in [-0.05, 0) is 18.2 Å². The Balaban J connectivity index is 2.39. The highest BCUT2D eigenvalue weighted by Gasteiger charge is 2.27. The fourth-order valence-corrected chi connectivity index (χ4v) is 4.39. The number of hydrogen-bond donors (Lipinski definition) is 6. The van der Waals surface area contributed by atoms with Gasteiger partial charge in [0.1, 0.15) is 26.9 Å². The van der Waals surface area contributed by atoms with Gasteiger partial charge >= 0.3 is 5.97 Å². The van der Waals surface area contributed by atoms with E-state index in [0.717, 1.165) is 18.2 Å². The Kier molecular flexibility index (Phi) is 6.08. The molecule has 0 spiro atoms. The van der Waals surface area contributed by atoms with Crippen molar-refractivity contribution in [3.63, 3.8) is 0 Å². The lowest BCUT2D eigenvalue weighted by Gasteiger charge is -2.14. The average Bonchev–Trinajstić information content (AvgIpc) is 2.73. The van der Waals surface area contributed by atoms with Crippen LogP contribution in [0.25, 0.3) is 10.8 Å². The minimum atomic E-state index is -5.15. The normalized spacial score (nSPS) is 12.3. The summed E-state index contributed by atoms with van der Waals surface area (Å²) in [7, 11) is -10.2. The quantitative estimate of drug-likeness (QED) is 0.0670. The number of carboxylic acid groups (broad SMARTS) is 1. The second-order valence-electron chi connectivity index (χ2n) is 6.78. The van der Waals surface area contributed by atoms with Crippen LogP contribution in [0.15, 0.2) is 50.4 Å². The van der Waals surface area contributed by atoms with E-state index in [0.29, 0.717) is 12.1 Å². The number of non-ortho nitro benzene ring substituents is 1. The van der Waals surface area contributed by atoms with E-state index in [1.54, 1.807) is 0 Å². The molecule has 0 fully saturated rings. The molecular formula is C17H13N5O11S2. The molecule has 0 aliphatic rings. The van der Waals surface area contributed by atoms with Gasteiger partial charge in [0.15, 0.2) is 0 Å². The first-order valence-electron chi connectivity index (χ1n) is 8.80. The lowest BCUT2D eigenvalue weighted by Crippen LogP contribution is -2.07. The van der Waals surface area contributed by atoms with Gasteiger partial charge in [-0.15, -0.1) is 10.2 Å². The molecule has 3 rings (SSSR count). The summed E-state index contributed by atoms with van der Waals surface area (Å²) in [5.41, 5.74) is 7.83. The Morgan fingerprint density at radius 1 is 0.914 bits per heavy atom. The number of nitro groups is 1. The third kappa shape index (κ3) is 4.66. The van der Waals surface area contributed by atoms with Crippen LogP contribution in [0.4, 0.5) is 28.4 Å². The zero-order valence-corrected chi connectivity index (χ0v) is 18.5. The maximum absolute atomic E-state index is 12.0. The zero-order valence-electron chi connectivity index (χ0n) is 16.8. The molecule has 3 aromatic carbocycles. The summed E-state index contributed by atoms with van der Waals surface area (Å²) in [6.07, 6.45) is 0. The van der Waals surface area contributed by atoms with Crippen LogP contribution < -0.4 is 11.5 Å². The summed E-state index contributed by atoms with van der Waals surface area (Å²) >= 11 is 0. The van der Waals surface area contributed by atoms with Crippen molar-refractivity contribution in [1.29, 1.82) is 0 Å². The fourth-order valence-electron chi connectivity index (χ4n) is 3.05. The van der Waals surface area contributed by atoms with Crippen LogP contribution in [0.2, 0.25) is 0 Å². The standard InChI is InChI=1S/C17H13N5O11S2/c18-14-10(21-20-9-3-6(22(26)27)1-2-7(9)17(24)25)5-11(34(28,29)30)8-4-12(35(31,32)33)15(19)16(23)13(8)14/h1-5,23H,18-19H2,(H,24,25)(H,28,29,30)(H,31,32,33). The fraction of sp³-hybridized carbons (Fsp3) is 0. The summed E-state index contributed by atoms with van der Waals surface area (Å²) in [6, 6.07) is 3.70. The second-order valence-corrected chi connectivity index (χ2v) is 9.56. The molecule has 0 radical (unpaired) electrons. The van der Waals surface area contributed by atoms with Crippen molar-refractivity contribution in [2.24, 2.45) is 10.2 Å². The zero-order chi connectivity index (χ0) is 26.5. The summed E-state index contributed by atoms with van der Waals surface area (Å²) in [5.74, 6) is -2.61. The monoisotopic (exact) mass is 527 g/mol. The molecule has 18 heteroatoms. The highest BCUT2D eigenvalue weighted by Crippen LogP contribution is 2.45. The van der Waals surface area contributed by atoms with E-state index in [-0.39, 0.29) is 0 Å². The molecule has 16 nitrogen and oxygen atoms in total. The Labute approximate surface area is 194 Å². The Morgan fingerprint density at radius 2 is 1.49 bits per heavy atom. The van der Waals surface area contributed by atoms with Gasteiger partial charge in [0.05, 0.1) is 27.2 Å². The SMILES string of the molecule is Nc1c(S(=O)(=O)O)cc2c(S(=O)(=O)O)cc(N=Nc3cc([N+](=O)[O-])ccc3C(=O)O)c(N)c2c1O. The molecule has 0 bridgehead atoms. The van der Waals surface area contributed by atoms with E-state index in [1.165, 1.54) is 0 Å². The molecule has 35 heavy (non-hydrogen) atoms. The number of nitrogens with zero attached hydrogens (tertiary/aromatic N) is 3. The number of nitro benzene ring substituents is 1. The van der Waals surface area contributed by atoms with Crippen molar-refractivity contribution >= 4 is 65.4 Å². The molecule has 8 N–H and O–H groups in total. The number of phenolic OH excluding ortho intramolecular Hbond substituents is 1. The number of anilines is 2. The molecule has 0 amide bonds. The van der Waals surface area contributed by atoms with Gasteiger partial charge in [0.25, 0.3) is 25.9 Å². The van der Waals surface area contributed by atoms with Gasteiger partial charge in [-0.1, -0.05) is 0 Å². The smallest absolute Gasteiger partial charge is 0.337 e. The van der Waals surface area contributed by atoms with Crippen LogP contribution in [0.1, 0.15) is 10.4 Å². The summed E-state index contributed by atoms with van der Waals surface area (Å²) in [6.45, 7) is 0. The number of hydrogen-bond acceptors (Lipinski definition) is 12. The number of aromatic hydroxyl groups is 1. The number of nitrogen functional groups attached to an aromatic ring is 2. The average molecular weight is 527 g/mol. The molecule has 0 unspecified atom stereocenters. The lowest BCUT2D eigenvalue weighted by atomic mass is 10.1. The molecule has 0 atom stereocenters. The minimum Gasteiger partial charge on any atom is -0.505 e. The van der Waals surface area contributed by atoms with E-state index in [2.05, 4.69) is 10.2 Å². The maximum atomic E-state index is 12.0. The van der Waals surface area contributed by atoms with Crippen molar-refractivity contribution < 1.29 is 45.9 Å². The Morgan fingerprint density at radius 3 is 2.00 bits per heavy atom. The van der Waals surface area contributed by atoms with Gasteiger partial charge in [-0.25, -0.2) is 4.79 Å².